The van der Waals surface area contributed by atoms with Crippen LogP contribution in [0.2, 0.25) is 0 Å². The number of nitrogens with zero attached hydrogens (tertiary/aromatic N) is 2. The van der Waals surface area contributed by atoms with E-state index in [1.807, 2.05) is 17.0 Å². The van der Waals surface area contributed by atoms with Gasteiger partial charge in [-0.15, -0.1) is 0 Å². The molecular formula is C33H41FN2O7. The second-order valence-electron chi connectivity index (χ2n) is 11.5. The van der Waals surface area contributed by atoms with Crippen LogP contribution >= 0.6 is 0 Å². The maximum absolute atomic E-state index is 14.8. The highest BCUT2D eigenvalue weighted by Gasteiger charge is 2.48. The Labute approximate surface area is 252 Å². The van der Waals surface area contributed by atoms with Crippen LogP contribution < -0.4 is 14.4 Å². The van der Waals surface area contributed by atoms with E-state index in [-0.39, 0.29) is 37.0 Å². The highest BCUT2D eigenvalue weighted by molar-refractivity contribution is 5.96. The van der Waals surface area contributed by atoms with Crippen molar-refractivity contribution < 1.29 is 38.0 Å². The van der Waals surface area contributed by atoms with Crippen LogP contribution in [0.25, 0.3) is 0 Å². The third-order valence-electron chi connectivity index (χ3n) is 8.79. The number of carboxylic acid groups (broad SMARTS) is 1. The summed E-state index contributed by atoms with van der Waals surface area (Å²) in [7, 11) is 0. The Bertz CT molecular complexity index is 1320. The molecule has 1 saturated heterocycles. The maximum atomic E-state index is 14.8. The van der Waals surface area contributed by atoms with Gasteiger partial charge in [0.1, 0.15) is 18.3 Å². The lowest BCUT2D eigenvalue weighted by Gasteiger charge is -2.35. The van der Waals surface area contributed by atoms with Crippen molar-refractivity contribution in [2.75, 3.05) is 24.8 Å². The van der Waals surface area contributed by atoms with Crippen LogP contribution in [-0.4, -0.2) is 60.1 Å². The monoisotopic (exact) mass is 596 g/mol. The van der Waals surface area contributed by atoms with Gasteiger partial charge in [0.15, 0.2) is 11.5 Å². The van der Waals surface area contributed by atoms with Gasteiger partial charge in [-0.1, -0.05) is 38.8 Å². The first-order chi connectivity index (χ1) is 20.8. The van der Waals surface area contributed by atoms with Gasteiger partial charge in [-0.05, 0) is 56.0 Å². The number of carbonyl (C=O) groups excluding carboxylic acids is 1. The standard InChI is InChI=1S/C33H41FN2O7/c1-4-7-23(8-5-2)36(26-10-6-9-25(34)21(26)3)30(37)19-35-18-24(22-11-13-28-29(17-22)43-20-42-28)32(33(38)39)27(35)12-14-31-40-15-16-41-31/h6,9-11,13,15-17,23-24,27,31-32H,4-5,7-8,12,14,18-20H2,1-3H3,(H,38,39)/t24-,27-,32+/m1/s1. The molecule has 9 nitrogen and oxygen atoms in total. The topological polar surface area (TPSA) is 97.8 Å². The number of anilines is 1. The van der Waals surface area contributed by atoms with Crippen molar-refractivity contribution in [2.24, 2.45) is 5.92 Å². The van der Waals surface area contributed by atoms with E-state index in [1.165, 1.54) is 18.6 Å². The molecule has 43 heavy (non-hydrogen) atoms. The smallest absolute Gasteiger partial charge is 0.308 e. The quantitative estimate of drug-likeness (QED) is 0.303. The normalized spacial score (nSPS) is 21.3. The zero-order valence-electron chi connectivity index (χ0n) is 25.0. The number of benzene rings is 2. The third-order valence-corrected chi connectivity index (χ3v) is 8.79. The van der Waals surface area contributed by atoms with E-state index in [1.54, 1.807) is 30.0 Å². The second kappa shape index (κ2) is 13.7. The molecule has 232 valence electrons. The van der Waals surface area contributed by atoms with Gasteiger partial charge in [-0.3, -0.25) is 14.5 Å². The van der Waals surface area contributed by atoms with E-state index in [2.05, 4.69) is 13.8 Å². The number of fused-ring (bicyclic) bond motifs is 1. The first-order valence-electron chi connectivity index (χ1n) is 15.2. The van der Waals surface area contributed by atoms with E-state index in [0.717, 1.165) is 31.2 Å². The van der Waals surface area contributed by atoms with Crippen LogP contribution in [0.4, 0.5) is 10.1 Å². The first kappa shape index (κ1) is 30.7. The van der Waals surface area contributed by atoms with Crippen LogP contribution in [-0.2, 0) is 19.1 Å². The fourth-order valence-corrected chi connectivity index (χ4v) is 6.76. The molecule has 0 aliphatic carbocycles. The minimum absolute atomic E-state index is 0.0000113. The van der Waals surface area contributed by atoms with Crippen LogP contribution in [0.15, 0.2) is 48.9 Å². The molecule has 0 bridgehead atoms. The summed E-state index contributed by atoms with van der Waals surface area (Å²) in [6, 6.07) is 9.81. The molecule has 5 rings (SSSR count). The number of likely N-dealkylation sites (tertiary alicyclic amines) is 1. The third kappa shape index (κ3) is 6.59. The van der Waals surface area contributed by atoms with Crippen molar-refractivity contribution >= 4 is 17.6 Å². The van der Waals surface area contributed by atoms with Crippen molar-refractivity contribution in [3.63, 3.8) is 0 Å². The molecule has 3 atom stereocenters. The summed E-state index contributed by atoms with van der Waals surface area (Å²) in [4.78, 5) is 31.0. The number of ether oxygens (including phenoxy) is 4. The van der Waals surface area contributed by atoms with Gasteiger partial charge in [-0.25, -0.2) is 4.39 Å². The summed E-state index contributed by atoms with van der Waals surface area (Å²) in [5, 5.41) is 10.5. The Morgan fingerprint density at radius 3 is 2.47 bits per heavy atom. The lowest BCUT2D eigenvalue weighted by Crippen LogP contribution is -2.48. The number of aliphatic carboxylic acids is 1. The molecule has 0 unspecified atom stereocenters. The van der Waals surface area contributed by atoms with E-state index >= 15 is 0 Å². The molecule has 1 amide bonds. The van der Waals surface area contributed by atoms with Crippen molar-refractivity contribution in [3.8, 4) is 11.5 Å². The molecule has 1 fully saturated rings. The minimum atomic E-state index is -0.929. The molecular weight excluding hydrogens is 555 g/mol. The molecule has 2 aromatic rings. The van der Waals surface area contributed by atoms with E-state index in [4.69, 9.17) is 18.9 Å². The van der Waals surface area contributed by atoms with E-state index in [9.17, 15) is 19.1 Å². The molecule has 0 aromatic heterocycles. The van der Waals surface area contributed by atoms with E-state index in [0.29, 0.717) is 42.1 Å². The minimum Gasteiger partial charge on any atom is -0.481 e. The summed E-state index contributed by atoms with van der Waals surface area (Å²) in [6.07, 6.45) is 6.67. The molecule has 3 aliphatic rings. The number of rotatable bonds is 13. The van der Waals surface area contributed by atoms with Gasteiger partial charge in [0.25, 0.3) is 0 Å². The summed E-state index contributed by atoms with van der Waals surface area (Å²) >= 11 is 0. The number of carbonyl (C=O) groups is 2. The van der Waals surface area contributed by atoms with Gasteiger partial charge < -0.3 is 29.0 Å². The fourth-order valence-electron chi connectivity index (χ4n) is 6.76. The van der Waals surface area contributed by atoms with Crippen LogP contribution in [0.1, 0.15) is 69.4 Å². The Kier molecular flexibility index (Phi) is 9.75. The van der Waals surface area contributed by atoms with Gasteiger partial charge in [0, 0.05) is 42.2 Å². The molecule has 2 aromatic carbocycles. The van der Waals surface area contributed by atoms with Crippen molar-refractivity contribution in [1.29, 1.82) is 0 Å². The van der Waals surface area contributed by atoms with Crippen molar-refractivity contribution in [2.45, 2.75) is 83.6 Å². The molecule has 10 heteroatoms. The lowest BCUT2D eigenvalue weighted by atomic mass is 9.83. The Morgan fingerprint density at radius 1 is 1.05 bits per heavy atom. The number of hydrogen-bond donors (Lipinski definition) is 1. The molecule has 3 aliphatic heterocycles. The zero-order chi connectivity index (χ0) is 30.5. The highest BCUT2D eigenvalue weighted by Crippen LogP contribution is 2.43. The average Bonchev–Trinajstić information content (AvgIpc) is 3.74. The summed E-state index contributed by atoms with van der Waals surface area (Å²) in [6.45, 7) is 6.34. The Hall–Kier alpha value is -3.79. The van der Waals surface area contributed by atoms with Crippen molar-refractivity contribution in [1.82, 2.24) is 4.90 Å². The van der Waals surface area contributed by atoms with Gasteiger partial charge >= 0.3 is 5.97 Å². The van der Waals surface area contributed by atoms with E-state index < -0.39 is 24.2 Å². The number of hydrogen-bond acceptors (Lipinski definition) is 7. The summed E-state index contributed by atoms with van der Waals surface area (Å²) in [5.41, 5.74) is 1.81. The van der Waals surface area contributed by atoms with Crippen molar-refractivity contribution in [3.05, 3.63) is 65.9 Å². The van der Waals surface area contributed by atoms with Gasteiger partial charge in [0.2, 0.25) is 19.0 Å². The summed E-state index contributed by atoms with van der Waals surface area (Å²) < 4.78 is 36.8. The molecule has 0 radical (unpaired) electrons. The lowest BCUT2D eigenvalue weighted by molar-refractivity contribution is -0.143. The molecule has 3 heterocycles. The largest absolute Gasteiger partial charge is 0.481 e. The second-order valence-corrected chi connectivity index (χ2v) is 11.5. The van der Waals surface area contributed by atoms with Gasteiger partial charge in [0.05, 0.1) is 12.5 Å². The number of amides is 1. The molecule has 0 saturated carbocycles. The van der Waals surface area contributed by atoms with Crippen LogP contribution in [0.5, 0.6) is 11.5 Å². The predicted octanol–water partition coefficient (Wildman–Crippen LogP) is 5.96. The Morgan fingerprint density at radius 2 is 1.77 bits per heavy atom. The van der Waals surface area contributed by atoms with Crippen LogP contribution in [0.3, 0.4) is 0 Å². The maximum Gasteiger partial charge on any atom is 0.308 e. The van der Waals surface area contributed by atoms with Gasteiger partial charge in [-0.2, -0.15) is 0 Å². The predicted molar refractivity (Wildman–Crippen MR) is 158 cm³/mol. The number of carboxylic acids is 1. The van der Waals surface area contributed by atoms with Crippen LogP contribution in [0, 0.1) is 18.7 Å². The molecule has 1 N–H and O–H groups in total. The average molecular weight is 597 g/mol. The summed E-state index contributed by atoms with van der Waals surface area (Å²) in [5.74, 6) is -1.42. The first-order valence-corrected chi connectivity index (χ1v) is 15.2. The number of halogens is 1. The SMILES string of the molecule is CCCC(CCC)N(C(=O)CN1C[C@H](c2ccc3c(c2)OCO3)[C@H](C(=O)O)[C@H]1CCC1OC=CO1)c1cccc(F)c1C. The molecule has 0 spiro atoms. The highest BCUT2D eigenvalue weighted by atomic mass is 19.1. The fraction of sp³-hybridized carbons (Fsp3) is 0.515. The zero-order valence-corrected chi connectivity index (χ0v) is 25.0. The Balaban J connectivity index is 1.47.